The number of carbonyl (C=O) groups is 1. The number of Topliss-reactive ketones (excluding diaryl/α,β-unsaturated/α-hetero) is 1. The van der Waals surface area contributed by atoms with E-state index in [1.54, 1.807) is 0 Å². The molecule has 76 valence electrons. The van der Waals surface area contributed by atoms with Crippen LogP contribution in [0.4, 0.5) is 5.69 Å². The van der Waals surface area contributed by atoms with Gasteiger partial charge in [0.15, 0.2) is 5.78 Å². The summed E-state index contributed by atoms with van der Waals surface area (Å²) >= 11 is 0. The average Bonchev–Trinajstić information content (AvgIpc) is 2.26. The molecule has 0 aliphatic heterocycles. The summed E-state index contributed by atoms with van der Waals surface area (Å²) in [6.45, 7) is 1.51. The third-order valence-electron chi connectivity index (χ3n) is 2.07. The topological polar surface area (TPSA) is 49.3 Å². The van der Waals surface area contributed by atoms with E-state index in [-0.39, 0.29) is 11.8 Å². The average molecular weight is 193 g/mol. The van der Waals surface area contributed by atoms with Crippen molar-refractivity contribution in [2.45, 2.75) is 19.4 Å². The molecule has 1 atom stereocenters. The zero-order valence-corrected chi connectivity index (χ0v) is 8.23. The smallest absolute Gasteiger partial charge is 0.180 e. The largest absolute Gasteiger partial charge is 0.389 e. The van der Waals surface area contributed by atoms with Crippen molar-refractivity contribution in [3.05, 3.63) is 30.3 Å². The van der Waals surface area contributed by atoms with Gasteiger partial charge in [-0.2, -0.15) is 0 Å². The Kier molecular flexibility index (Phi) is 4.13. The summed E-state index contributed by atoms with van der Waals surface area (Å²) in [5.41, 5.74) is 0.904. The van der Waals surface area contributed by atoms with Gasteiger partial charge in [-0.05, 0) is 18.6 Å². The molecule has 1 aromatic rings. The van der Waals surface area contributed by atoms with Crippen LogP contribution in [0.25, 0.3) is 0 Å². The van der Waals surface area contributed by atoms with Crippen LogP contribution in [-0.2, 0) is 4.79 Å². The minimum Gasteiger partial charge on any atom is -0.389 e. The molecule has 0 fully saturated rings. The molecule has 0 aliphatic carbocycles. The van der Waals surface area contributed by atoms with Crippen molar-refractivity contribution < 1.29 is 9.90 Å². The molecule has 2 N–H and O–H groups in total. The number of para-hydroxylation sites is 1. The third-order valence-corrected chi connectivity index (χ3v) is 2.07. The maximum absolute atomic E-state index is 11.2. The second-order valence-electron chi connectivity index (χ2n) is 3.10. The Bertz CT molecular complexity index is 285. The van der Waals surface area contributed by atoms with Gasteiger partial charge in [0, 0.05) is 5.69 Å². The molecule has 3 heteroatoms. The second-order valence-corrected chi connectivity index (χ2v) is 3.10. The number of aliphatic hydroxyl groups is 1. The van der Waals surface area contributed by atoms with E-state index in [2.05, 4.69) is 5.32 Å². The van der Waals surface area contributed by atoms with Crippen LogP contribution < -0.4 is 5.32 Å². The molecule has 0 bridgehead atoms. The Labute approximate surface area is 83.8 Å². The molecule has 0 saturated carbocycles. The van der Waals surface area contributed by atoms with Gasteiger partial charge in [-0.3, -0.25) is 4.79 Å². The van der Waals surface area contributed by atoms with E-state index in [4.69, 9.17) is 5.11 Å². The van der Waals surface area contributed by atoms with Crippen LogP contribution in [0, 0.1) is 0 Å². The third kappa shape index (κ3) is 2.85. The maximum atomic E-state index is 11.2. The van der Waals surface area contributed by atoms with Crippen LogP contribution >= 0.6 is 0 Å². The van der Waals surface area contributed by atoms with Gasteiger partial charge in [-0.25, -0.2) is 0 Å². The quantitative estimate of drug-likeness (QED) is 0.744. The molecule has 0 amide bonds. The highest BCUT2D eigenvalue weighted by Gasteiger charge is 2.14. The number of carbonyl (C=O) groups excluding carboxylic acids is 1. The normalized spacial score (nSPS) is 12.1. The first-order chi connectivity index (χ1) is 6.77. The highest BCUT2D eigenvalue weighted by molar-refractivity contribution is 5.87. The summed E-state index contributed by atoms with van der Waals surface area (Å²) in [6, 6.07) is 9.22. The lowest BCUT2D eigenvalue weighted by Crippen LogP contribution is -2.30. The van der Waals surface area contributed by atoms with Gasteiger partial charge in [-0.15, -0.1) is 0 Å². The number of aliphatic hydroxyl groups excluding tert-OH is 1. The number of benzene rings is 1. The van der Waals surface area contributed by atoms with Gasteiger partial charge in [0.25, 0.3) is 0 Å². The number of rotatable bonds is 5. The summed E-state index contributed by atoms with van der Waals surface area (Å²) in [4.78, 5) is 11.2. The van der Waals surface area contributed by atoms with E-state index in [1.165, 1.54) is 0 Å². The van der Waals surface area contributed by atoms with Crippen LogP contribution in [0.3, 0.4) is 0 Å². The fourth-order valence-corrected chi connectivity index (χ4v) is 1.26. The fraction of sp³-hybridized carbons (Fsp3) is 0.364. The number of ketones is 1. The first-order valence-corrected chi connectivity index (χ1v) is 4.73. The van der Waals surface area contributed by atoms with E-state index in [1.807, 2.05) is 37.3 Å². The Morgan fingerprint density at radius 2 is 2.07 bits per heavy atom. The van der Waals surface area contributed by atoms with Crippen molar-refractivity contribution in [2.24, 2.45) is 0 Å². The van der Waals surface area contributed by atoms with E-state index < -0.39 is 6.61 Å². The maximum Gasteiger partial charge on any atom is 0.180 e. The van der Waals surface area contributed by atoms with Gasteiger partial charge in [-0.1, -0.05) is 25.1 Å². The molecule has 1 rings (SSSR count). The van der Waals surface area contributed by atoms with Gasteiger partial charge in [0.1, 0.15) is 6.61 Å². The van der Waals surface area contributed by atoms with Gasteiger partial charge in [0.2, 0.25) is 0 Å². The van der Waals surface area contributed by atoms with E-state index in [9.17, 15) is 4.79 Å². The van der Waals surface area contributed by atoms with Crippen molar-refractivity contribution in [1.29, 1.82) is 0 Å². The van der Waals surface area contributed by atoms with E-state index in [0.29, 0.717) is 6.42 Å². The molecule has 0 heterocycles. The Balaban J connectivity index is 2.62. The fourth-order valence-electron chi connectivity index (χ4n) is 1.26. The molecule has 0 radical (unpaired) electrons. The molecule has 1 aromatic carbocycles. The van der Waals surface area contributed by atoms with E-state index >= 15 is 0 Å². The minimum absolute atomic E-state index is 0.170. The van der Waals surface area contributed by atoms with E-state index in [0.717, 1.165) is 5.69 Å². The Hall–Kier alpha value is -1.35. The van der Waals surface area contributed by atoms with Crippen LogP contribution in [-0.4, -0.2) is 23.5 Å². The minimum atomic E-state index is -0.404. The Morgan fingerprint density at radius 1 is 1.43 bits per heavy atom. The monoisotopic (exact) mass is 193 g/mol. The number of hydrogen-bond acceptors (Lipinski definition) is 3. The lowest BCUT2D eigenvalue weighted by atomic mass is 10.1. The number of nitrogens with one attached hydrogen (secondary N) is 1. The summed E-state index contributed by atoms with van der Waals surface area (Å²) in [6.07, 6.45) is 0.675. The molecule has 14 heavy (non-hydrogen) atoms. The lowest BCUT2D eigenvalue weighted by Gasteiger charge is -2.15. The van der Waals surface area contributed by atoms with Crippen LogP contribution in [0.5, 0.6) is 0 Å². The standard InChI is InChI=1S/C11H15NO2/c1-2-10(11(14)8-13)12-9-6-4-3-5-7-9/h3-7,10,12-13H,2,8H2,1H3. The van der Waals surface area contributed by atoms with Crippen molar-refractivity contribution in [3.8, 4) is 0 Å². The van der Waals surface area contributed by atoms with Crippen molar-refractivity contribution in [3.63, 3.8) is 0 Å². The van der Waals surface area contributed by atoms with Crippen molar-refractivity contribution >= 4 is 11.5 Å². The van der Waals surface area contributed by atoms with Crippen LogP contribution in [0.15, 0.2) is 30.3 Å². The summed E-state index contributed by atoms with van der Waals surface area (Å²) in [5.74, 6) is -0.170. The molecule has 0 saturated heterocycles. The zero-order valence-electron chi connectivity index (χ0n) is 8.23. The first-order valence-electron chi connectivity index (χ1n) is 4.73. The van der Waals surface area contributed by atoms with Gasteiger partial charge in [0.05, 0.1) is 6.04 Å². The summed E-state index contributed by atoms with van der Waals surface area (Å²) in [7, 11) is 0. The molecular formula is C11H15NO2. The zero-order chi connectivity index (χ0) is 10.4. The molecule has 3 nitrogen and oxygen atoms in total. The number of hydrogen-bond donors (Lipinski definition) is 2. The summed E-state index contributed by atoms with van der Waals surface area (Å²) < 4.78 is 0. The highest BCUT2D eigenvalue weighted by atomic mass is 16.3. The van der Waals surface area contributed by atoms with Gasteiger partial charge < -0.3 is 10.4 Å². The molecular weight excluding hydrogens is 178 g/mol. The second kappa shape index (κ2) is 5.40. The first kappa shape index (κ1) is 10.7. The van der Waals surface area contributed by atoms with Crippen LogP contribution in [0.2, 0.25) is 0 Å². The number of anilines is 1. The van der Waals surface area contributed by atoms with Crippen molar-refractivity contribution in [2.75, 3.05) is 11.9 Å². The van der Waals surface area contributed by atoms with Gasteiger partial charge >= 0.3 is 0 Å². The molecule has 0 aromatic heterocycles. The highest BCUT2D eigenvalue weighted by Crippen LogP contribution is 2.09. The SMILES string of the molecule is CCC(Nc1ccccc1)C(=O)CO. The predicted molar refractivity (Wildman–Crippen MR) is 56.2 cm³/mol. The molecule has 1 unspecified atom stereocenters. The molecule has 0 spiro atoms. The lowest BCUT2D eigenvalue weighted by molar-refractivity contribution is -0.122. The summed E-state index contributed by atoms with van der Waals surface area (Å²) in [5, 5.41) is 11.8. The van der Waals surface area contributed by atoms with Crippen molar-refractivity contribution in [1.82, 2.24) is 0 Å². The Morgan fingerprint density at radius 3 is 2.57 bits per heavy atom. The van der Waals surface area contributed by atoms with Crippen LogP contribution in [0.1, 0.15) is 13.3 Å². The predicted octanol–water partition coefficient (Wildman–Crippen LogP) is 1.44. The molecule has 0 aliphatic rings.